The third kappa shape index (κ3) is 12.2. The van der Waals surface area contributed by atoms with Crippen LogP contribution in [0.15, 0.2) is 212 Å². The second kappa shape index (κ2) is 24.9. The molecule has 0 unspecified atom stereocenters. The number of allylic oxidation sites excluding steroid dienone is 4. The molecule has 10 heteroatoms. The van der Waals surface area contributed by atoms with Gasteiger partial charge in [-0.15, -0.1) is 13.2 Å². The van der Waals surface area contributed by atoms with E-state index in [2.05, 4.69) is 242 Å². The van der Waals surface area contributed by atoms with Crippen molar-refractivity contribution in [1.29, 1.82) is 10.5 Å². The molecule has 0 spiro atoms. The van der Waals surface area contributed by atoms with Gasteiger partial charge in [-0.25, -0.2) is 9.80 Å². The summed E-state index contributed by atoms with van der Waals surface area (Å²) in [5, 5.41) is 26.0. The Labute approximate surface area is 594 Å². The van der Waals surface area contributed by atoms with Crippen LogP contribution in [-0.2, 0) is 16.2 Å². The summed E-state index contributed by atoms with van der Waals surface area (Å²) < 4.78 is 0. The van der Waals surface area contributed by atoms with Crippen LogP contribution in [0.25, 0.3) is 48.7 Å². The zero-order valence-electron chi connectivity index (χ0n) is 60.7. The topological polar surface area (TPSA) is 129 Å². The van der Waals surface area contributed by atoms with E-state index < -0.39 is 23.6 Å². The number of carbonyl (C=O) groups is 4. The number of amides is 4. The number of rotatable bonds is 17. The number of carbonyl (C=O) groups excluding carboxylic acids is 4. The molecule has 0 fully saturated rings. The normalized spacial score (nSPS) is 13.8. The van der Waals surface area contributed by atoms with Gasteiger partial charge in [0.1, 0.15) is 0 Å². The number of nitriles is 2. The summed E-state index contributed by atoms with van der Waals surface area (Å²) in [5.41, 5.74) is 15.0. The molecule has 504 valence electrons. The standard InChI is InChI=1S/C91H86N6O4/c1-54(2)48-89(12,13)60-20-28-64(29-21-60)95(65-30-22-61(23-31-65)90(14,15)49-55(3)4)68-36-40-70(41-37-68)97-84(99)74-45-43-72-77-58(51-92)46-75-79-73(44-42-71(81(77)79)78-59(52-93)47-76(86(97)101)80(74)82(72)78)83(98)96(85(75)100)69-38-34-67(35-39-69)94(63-26-18-57(19-27-63)56(5)50-87(6,7)8)66-32-24-62(25-33-66)91(16,17)53-88(9,10)11/h18-47,50H,1,3,48-49,53H2,2,4-17H3/b56-50+. The van der Waals surface area contributed by atoms with Gasteiger partial charge >= 0.3 is 0 Å². The van der Waals surface area contributed by atoms with Crippen LogP contribution >= 0.6 is 0 Å². The van der Waals surface area contributed by atoms with E-state index in [0.29, 0.717) is 54.5 Å². The van der Waals surface area contributed by atoms with E-state index in [1.807, 2.05) is 24.3 Å². The third-order valence-electron chi connectivity index (χ3n) is 20.2. The van der Waals surface area contributed by atoms with E-state index >= 15 is 19.2 Å². The molecule has 0 N–H and O–H groups in total. The van der Waals surface area contributed by atoms with Crippen LogP contribution < -0.4 is 19.6 Å². The minimum atomic E-state index is -0.611. The highest BCUT2D eigenvalue weighted by atomic mass is 16.2. The summed E-state index contributed by atoms with van der Waals surface area (Å²) in [6.07, 6.45) is 4.96. The van der Waals surface area contributed by atoms with Gasteiger partial charge < -0.3 is 9.80 Å². The third-order valence-corrected chi connectivity index (χ3v) is 20.2. The molecule has 0 atom stereocenters. The van der Waals surface area contributed by atoms with Crippen LogP contribution in [0.4, 0.5) is 45.5 Å². The Hall–Kier alpha value is -11.2. The molecule has 10 nitrogen and oxygen atoms in total. The molecule has 2 aliphatic heterocycles. The molecule has 0 aliphatic carbocycles. The number of benzene rings is 11. The van der Waals surface area contributed by atoms with Crippen molar-refractivity contribution in [3.8, 4) is 12.1 Å². The van der Waals surface area contributed by atoms with E-state index in [0.717, 1.165) is 70.1 Å². The summed E-state index contributed by atoms with van der Waals surface area (Å²) in [6, 6.07) is 63.9. The molecule has 13 rings (SSSR count). The lowest BCUT2D eigenvalue weighted by Gasteiger charge is -2.33. The largest absolute Gasteiger partial charge is 0.311 e. The Balaban J connectivity index is 0.857. The van der Waals surface area contributed by atoms with Gasteiger partial charge in [0.25, 0.3) is 23.6 Å². The number of anilines is 8. The highest BCUT2D eigenvalue weighted by Gasteiger charge is 2.40. The van der Waals surface area contributed by atoms with Crippen molar-refractivity contribution in [1.82, 2.24) is 0 Å². The highest BCUT2D eigenvalue weighted by molar-refractivity contribution is 6.46. The van der Waals surface area contributed by atoms with E-state index in [4.69, 9.17) is 0 Å². The Morgan fingerprint density at radius 1 is 0.396 bits per heavy atom. The van der Waals surface area contributed by atoms with Crippen LogP contribution in [0.5, 0.6) is 0 Å². The first kappa shape index (κ1) is 68.3. The molecule has 4 amide bonds. The van der Waals surface area contributed by atoms with Gasteiger partial charge in [0.2, 0.25) is 0 Å². The molecule has 0 radical (unpaired) electrons. The smallest absolute Gasteiger partial charge is 0.266 e. The number of nitrogens with zero attached hydrogens (tertiary/aromatic N) is 6. The van der Waals surface area contributed by atoms with Crippen molar-refractivity contribution in [2.75, 3.05) is 19.6 Å². The van der Waals surface area contributed by atoms with E-state index in [9.17, 15) is 10.5 Å². The predicted octanol–water partition coefficient (Wildman–Crippen LogP) is 23.7. The molecule has 0 saturated carbocycles. The quantitative estimate of drug-likeness (QED) is 0.0381. The lowest BCUT2D eigenvalue weighted by molar-refractivity contribution is 0.0877. The maximum atomic E-state index is 15.3. The molecule has 0 aromatic heterocycles. The number of hydrogen-bond donors (Lipinski definition) is 0. The monoisotopic (exact) mass is 1330 g/mol. The Bertz CT molecular complexity index is 5320. The molecule has 11 aromatic rings. The number of hydrogen-bond acceptors (Lipinski definition) is 8. The molecule has 2 heterocycles. The van der Waals surface area contributed by atoms with Crippen molar-refractivity contribution in [3.63, 3.8) is 0 Å². The average Bonchev–Trinajstić information content (AvgIpc) is 0.680. The van der Waals surface area contributed by atoms with Gasteiger partial charge in [-0.3, -0.25) is 19.2 Å². The zero-order valence-corrected chi connectivity index (χ0v) is 60.7. The predicted molar refractivity (Wildman–Crippen MR) is 417 cm³/mol. The molecule has 101 heavy (non-hydrogen) atoms. The van der Waals surface area contributed by atoms with Crippen molar-refractivity contribution in [3.05, 3.63) is 268 Å². The molecule has 0 saturated heterocycles. The van der Waals surface area contributed by atoms with Crippen LogP contribution in [0.3, 0.4) is 0 Å². The first-order chi connectivity index (χ1) is 47.7. The van der Waals surface area contributed by atoms with Crippen LogP contribution in [0.2, 0.25) is 0 Å². The number of fused-ring (bicyclic) bond motifs is 2. The lowest BCUT2D eigenvalue weighted by atomic mass is 9.72. The van der Waals surface area contributed by atoms with Gasteiger partial charge in [-0.1, -0.05) is 161 Å². The summed E-state index contributed by atoms with van der Waals surface area (Å²) in [6.45, 7) is 41.5. The highest BCUT2D eigenvalue weighted by Crippen LogP contribution is 2.51. The van der Waals surface area contributed by atoms with Gasteiger partial charge in [-0.2, -0.15) is 10.5 Å². The molecule has 11 aromatic carbocycles. The molecule has 0 bridgehead atoms. The Kier molecular flexibility index (Phi) is 16.8. The van der Waals surface area contributed by atoms with Gasteiger partial charge in [0, 0.05) is 77.6 Å². The van der Waals surface area contributed by atoms with Gasteiger partial charge in [-0.05, 0) is 227 Å². The maximum absolute atomic E-state index is 15.3. The zero-order chi connectivity index (χ0) is 72.3. The minimum absolute atomic E-state index is 0.00517. The number of imide groups is 2. The fraction of sp³-hybridized carbons (Fsp3) is 0.253. The summed E-state index contributed by atoms with van der Waals surface area (Å²) in [5.74, 6) is -2.32. The molecule has 2 aliphatic rings. The fourth-order valence-corrected chi connectivity index (χ4v) is 16.4. The average molecular weight is 1330 g/mol. The summed E-state index contributed by atoms with van der Waals surface area (Å²) >= 11 is 0. The summed E-state index contributed by atoms with van der Waals surface area (Å²) in [7, 11) is 0. The van der Waals surface area contributed by atoms with Gasteiger partial charge in [0.05, 0.1) is 45.8 Å². The second-order valence-corrected chi connectivity index (χ2v) is 32.4. The Morgan fingerprint density at radius 2 is 0.703 bits per heavy atom. The van der Waals surface area contributed by atoms with Crippen molar-refractivity contribution in [2.45, 2.75) is 139 Å². The molecular formula is C91H86N6O4. The first-order valence-electron chi connectivity index (χ1n) is 34.8. The maximum Gasteiger partial charge on any atom is 0.266 e. The summed E-state index contributed by atoms with van der Waals surface area (Å²) in [4.78, 5) is 67.8. The fourth-order valence-electron chi connectivity index (χ4n) is 16.4. The molecular weight excluding hydrogens is 1240 g/mol. The van der Waals surface area contributed by atoms with Crippen molar-refractivity contribution >= 4 is 118 Å². The van der Waals surface area contributed by atoms with Crippen molar-refractivity contribution in [2.24, 2.45) is 10.8 Å². The van der Waals surface area contributed by atoms with Crippen LogP contribution in [0, 0.1) is 33.5 Å². The van der Waals surface area contributed by atoms with Crippen molar-refractivity contribution < 1.29 is 19.2 Å². The van der Waals surface area contributed by atoms with E-state index in [1.54, 1.807) is 60.7 Å². The van der Waals surface area contributed by atoms with Crippen LogP contribution in [0.1, 0.15) is 198 Å². The Morgan fingerprint density at radius 3 is 1.01 bits per heavy atom. The first-order valence-corrected chi connectivity index (χ1v) is 34.8. The SMILES string of the molecule is C=C(C)CC(C)(C)c1ccc(N(c2ccc(N3C(=O)c4ccc5c6c(C#N)cc7c8c(ccc(c9c(C#N)cc(c4c59)C3=O)c86)C(=O)N(c3ccc(N(c4ccc(/C(C)=C/C(C)(C)C)cc4)c4ccc(C(C)(C)CC(C)(C)C)cc4)cc3)C7=O)cc2)c2ccc(C(C)(C)CC(=C)C)cc2)cc1. The second-order valence-electron chi connectivity index (χ2n) is 32.4. The van der Waals surface area contributed by atoms with E-state index in [1.165, 1.54) is 32.1 Å². The minimum Gasteiger partial charge on any atom is -0.311 e. The van der Waals surface area contributed by atoms with Crippen LogP contribution in [-0.4, -0.2) is 23.6 Å². The van der Waals surface area contributed by atoms with Gasteiger partial charge in [0.15, 0.2) is 0 Å². The lowest BCUT2D eigenvalue weighted by Crippen LogP contribution is -2.40. The van der Waals surface area contributed by atoms with E-state index in [-0.39, 0.29) is 60.5 Å².